The van der Waals surface area contributed by atoms with Crippen molar-refractivity contribution in [2.45, 2.75) is 18.9 Å². The van der Waals surface area contributed by atoms with Crippen molar-refractivity contribution < 1.29 is 4.39 Å². The highest BCUT2D eigenvalue weighted by Crippen LogP contribution is 2.33. The number of hydrogen-bond donors (Lipinski definition) is 1. The van der Waals surface area contributed by atoms with Crippen molar-refractivity contribution in [2.24, 2.45) is 0 Å². The number of nitrogens with one attached hydrogen (secondary N) is 1. The quantitative estimate of drug-likeness (QED) is 0.773. The zero-order chi connectivity index (χ0) is 11.3. The van der Waals surface area contributed by atoms with E-state index in [2.05, 4.69) is 4.98 Å². The summed E-state index contributed by atoms with van der Waals surface area (Å²) in [6.07, 6.45) is 1.88. The molecule has 1 fully saturated rings. The minimum atomic E-state index is -0.497. The first-order valence-corrected chi connectivity index (χ1v) is 5.52. The predicted molar refractivity (Wildman–Crippen MR) is 61.6 cm³/mol. The smallest absolute Gasteiger partial charge is 0.265 e. The molecule has 3 rings (SSSR count). The van der Waals surface area contributed by atoms with Crippen molar-refractivity contribution in [1.29, 1.82) is 0 Å². The summed E-state index contributed by atoms with van der Waals surface area (Å²) in [5.41, 5.74) is 0.145. The Morgan fingerprint density at radius 2 is 2.19 bits per heavy atom. The maximum Gasteiger partial charge on any atom is 0.265 e. The Morgan fingerprint density at radius 1 is 1.44 bits per heavy atom. The molecule has 0 radical (unpaired) electrons. The molecule has 1 aromatic heterocycles. The highest BCUT2D eigenvalue weighted by molar-refractivity contribution is 7.71. The summed E-state index contributed by atoms with van der Waals surface area (Å²) in [6.45, 7) is 0. The average molecular weight is 236 g/mol. The molecule has 2 aromatic rings. The van der Waals surface area contributed by atoms with Crippen LogP contribution in [0.2, 0.25) is 0 Å². The van der Waals surface area contributed by atoms with Gasteiger partial charge in [0.05, 0.1) is 10.9 Å². The number of H-pyrrole nitrogens is 1. The SMILES string of the molecule is O=c1c2c(F)cccc2[nH]c(=S)n1C1CC1. The van der Waals surface area contributed by atoms with E-state index in [0.717, 1.165) is 12.8 Å². The Bertz CT molecular complexity index is 684. The van der Waals surface area contributed by atoms with Gasteiger partial charge in [-0.05, 0) is 37.2 Å². The molecule has 0 spiro atoms. The molecule has 1 N–H and O–H groups in total. The maximum absolute atomic E-state index is 13.6. The number of benzene rings is 1. The normalized spacial score (nSPS) is 15.6. The van der Waals surface area contributed by atoms with E-state index in [-0.39, 0.29) is 17.0 Å². The van der Waals surface area contributed by atoms with E-state index in [4.69, 9.17) is 12.2 Å². The second-order valence-electron chi connectivity index (χ2n) is 4.00. The topological polar surface area (TPSA) is 37.8 Å². The van der Waals surface area contributed by atoms with Gasteiger partial charge in [0.2, 0.25) is 0 Å². The fourth-order valence-corrected chi connectivity index (χ4v) is 2.24. The average Bonchev–Trinajstić information content (AvgIpc) is 3.01. The molecular formula is C11H9FN2OS. The highest BCUT2D eigenvalue weighted by atomic mass is 32.1. The third kappa shape index (κ3) is 1.31. The Labute approximate surface area is 95.5 Å². The lowest BCUT2D eigenvalue weighted by Gasteiger charge is -2.06. The maximum atomic E-state index is 13.6. The van der Waals surface area contributed by atoms with Gasteiger partial charge in [-0.15, -0.1) is 0 Å². The van der Waals surface area contributed by atoms with E-state index < -0.39 is 5.82 Å². The summed E-state index contributed by atoms with van der Waals surface area (Å²) >= 11 is 5.11. The molecule has 0 amide bonds. The number of halogens is 1. The van der Waals surface area contributed by atoms with E-state index in [1.807, 2.05) is 0 Å². The molecule has 0 bridgehead atoms. The Hall–Kier alpha value is -1.49. The van der Waals surface area contributed by atoms with Crippen LogP contribution in [0.5, 0.6) is 0 Å². The molecule has 1 aliphatic carbocycles. The zero-order valence-corrected chi connectivity index (χ0v) is 9.18. The summed E-state index contributed by atoms with van der Waals surface area (Å²) in [4.78, 5) is 15.0. The van der Waals surface area contributed by atoms with Gasteiger partial charge in [0, 0.05) is 6.04 Å². The second-order valence-corrected chi connectivity index (χ2v) is 4.39. The minimum absolute atomic E-state index is 0.100. The van der Waals surface area contributed by atoms with E-state index in [1.165, 1.54) is 10.6 Å². The van der Waals surface area contributed by atoms with E-state index >= 15 is 0 Å². The number of hydrogen-bond acceptors (Lipinski definition) is 2. The molecule has 3 nitrogen and oxygen atoms in total. The molecule has 16 heavy (non-hydrogen) atoms. The molecule has 0 unspecified atom stereocenters. The molecule has 0 atom stereocenters. The van der Waals surface area contributed by atoms with E-state index in [9.17, 15) is 9.18 Å². The Balaban J connectivity index is 2.50. The van der Waals surface area contributed by atoms with Crippen LogP contribution in [0.15, 0.2) is 23.0 Å². The molecule has 1 saturated carbocycles. The van der Waals surface area contributed by atoms with Gasteiger partial charge < -0.3 is 4.98 Å². The first kappa shape index (κ1) is 9.72. The lowest BCUT2D eigenvalue weighted by molar-refractivity contribution is 0.629. The first-order valence-electron chi connectivity index (χ1n) is 5.11. The van der Waals surface area contributed by atoms with Crippen LogP contribution in [0.3, 0.4) is 0 Å². The van der Waals surface area contributed by atoms with Gasteiger partial charge in [0.1, 0.15) is 5.82 Å². The van der Waals surface area contributed by atoms with Crippen LogP contribution in [-0.4, -0.2) is 9.55 Å². The number of aromatic amines is 1. The number of nitrogens with zero attached hydrogens (tertiary/aromatic N) is 1. The standard InChI is InChI=1S/C11H9FN2OS/c12-7-2-1-3-8-9(7)10(15)14(6-4-5-6)11(16)13-8/h1-3,6H,4-5H2,(H,13,16). The van der Waals surface area contributed by atoms with Crippen LogP contribution in [0, 0.1) is 10.6 Å². The van der Waals surface area contributed by atoms with Gasteiger partial charge in [0.25, 0.3) is 5.56 Å². The Morgan fingerprint density at radius 3 is 2.88 bits per heavy atom. The van der Waals surface area contributed by atoms with Gasteiger partial charge in [-0.2, -0.15) is 0 Å². The van der Waals surface area contributed by atoms with Crippen LogP contribution >= 0.6 is 12.2 Å². The molecule has 0 aliphatic heterocycles. The van der Waals surface area contributed by atoms with Crippen molar-refractivity contribution in [3.05, 3.63) is 39.1 Å². The van der Waals surface area contributed by atoms with Crippen molar-refractivity contribution in [3.8, 4) is 0 Å². The Kier molecular flexibility index (Phi) is 1.97. The minimum Gasteiger partial charge on any atom is -0.331 e. The third-order valence-corrected chi connectivity index (χ3v) is 3.12. The third-order valence-electron chi connectivity index (χ3n) is 2.82. The lowest BCUT2D eigenvalue weighted by atomic mass is 10.2. The molecular weight excluding hydrogens is 227 g/mol. The van der Waals surface area contributed by atoms with Crippen LogP contribution in [0.1, 0.15) is 18.9 Å². The first-order chi connectivity index (χ1) is 7.68. The molecule has 1 aliphatic rings. The highest BCUT2D eigenvalue weighted by Gasteiger charge is 2.26. The van der Waals surface area contributed by atoms with Crippen molar-refractivity contribution in [2.75, 3.05) is 0 Å². The zero-order valence-electron chi connectivity index (χ0n) is 8.37. The summed E-state index contributed by atoms with van der Waals surface area (Å²) in [7, 11) is 0. The van der Waals surface area contributed by atoms with Gasteiger partial charge in [-0.1, -0.05) is 6.07 Å². The van der Waals surface area contributed by atoms with Crippen LogP contribution in [-0.2, 0) is 0 Å². The molecule has 0 saturated heterocycles. The van der Waals surface area contributed by atoms with Crippen molar-refractivity contribution in [1.82, 2.24) is 9.55 Å². The van der Waals surface area contributed by atoms with Crippen molar-refractivity contribution in [3.63, 3.8) is 0 Å². The molecule has 5 heteroatoms. The van der Waals surface area contributed by atoms with Gasteiger partial charge in [0.15, 0.2) is 4.77 Å². The second kappa shape index (κ2) is 3.25. The number of rotatable bonds is 1. The van der Waals surface area contributed by atoms with Crippen LogP contribution in [0.25, 0.3) is 10.9 Å². The summed E-state index contributed by atoms with van der Waals surface area (Å²) in [6, 6.07) is 4.66. The largest absolute Gasteiger partial charge is 0.331 e. The van der Waals surface area contributed by atoms with E-state index in [1.54, 1.807) is 12.1 Å². The van der Waals surface area contributed by atoms with Gasteiger partial charge in [-0.25, -0.2) is 4.39 Å². The number of aromatic nitrogens is 2. The monoisotopic (exact) mass is 236 g/mol. The lowest BCUT2D eigenvalue weighted by Crippen LogP contribution is -2.22. The molecule has 1 heterocycles. The van der Waals surface area contributed by atoms with Gasteiger partial charge >= 0.3 is 0 Å². The van der Waals surface area contributed by atoms with Crippen molar-refractivity contribution >= 4 is 23.1 Å². The molecule has 82 valence electrons. The van der Waals surface area contributed by atoms with Crippen LogP contribution in [0.4, 0.5) is 4.39 Å². The fraction of sp³-hybridized carbons (Fsp3) is 0.273. The van der Waals surface area contributed by atoms with Crippen LogP contribution < -0.4 is 5.56 Å². The fourth-order valence-electron chi connectivity index (χ4n) is 1.90. The summed E-state index contributed by atoms with van der Waals surface area (Å²) < 4.78 is 15.4. The molecule has 1 aromatic carbocycles. The van der Waals surface area contributed by atoms with Gasteiger partial charge in [-0.3, -0.25) is 9.36 Å². The van der Waals surface area contributed by atoms with E-state index in [0.29, 0.717) is 10.3 Å². The number of fused-ring (bicyclic) bond motifs is 1. The predicted octanol–water partition coefficient (Wildman–Crippen LogP) is 2.53. The summed E-state index contributed by atoms with van der Waals surface area (Å²) in [5, 5.41) is 0.100. The summed E-state index contributed by atoms with van der Waals surface area (Å²) in [5.74, 6) is -0.497.